The van der Waals surface area contributed by atoms with Crippen molar-refractivity contribution in [1.82, 2.24) is 0 Å². The van der Waals surface area contributed by atoms with Gasteiger partial charge in [0.25, 0.3) is 11.6 Å². The molecule has 0 atom stereocenters. The monoisotopic (exact) mass is 460 g/mol. The Hall–Kier alpha value is -4.24. The molecule has 2 N–H and O–H groups in total. The Kier molecular flexibility index (Phi) is 7.14. The quantitative estimate of drug-likeness (QED) is 0.409. The second-order valence-corrected chi connectivity index (χ2v) is 7.80. The number of anilines is 3. The van der Waals surface area contributed by atoms with Gasteiger partial charge in [0, 0.05) is 36.6 Å². The van der Waals surface area contributed by atoms with Gasteiger partial charge in [-0.05, 0) is 35.9 Å². The number of carbonyl (C=O) groups is 2. The summed E-state index contributed by atoms with van der Waals surface area (Å²) < 4.78 is 5.37. The summed E-state index contributed by atoms with van der Waals surface area (Å²) in [6.45, 7) is 2.23. The molecule has 0 unspecified atom stereocenters. The highest BCUT2D eigenvalue weighted by Crippen LogP contribution is 2.27. The number of nitro groups is 1. The predicted molar refractivity (Wildman–Crippen MR) is 129 cm³/mol. The van der Waals surface area contributed by atoms with Crippen LogP contribution >= 0.6 is 0 Å². The molecule has 0 aliphatic carbocycles. The van der Waals surface area contributed by atoms with E-state index in [9.17, 15) is 19.7 Å². The summed E-state index contributed by atoms with van der Waals surface area (Å²) >= 11 is 0. The molecule has 9 nitrogen and oxygen atoms in total. The Morgan fingerprint density at radius 1 is 0.912 bits per heavy atom. The van der Waals surface area contributed by atoms with Crippen molar-refractivity contribution in [3.05, 3.63) is 94.0 Å². The maximum absolute atomic E-state index is 13.1. The lowest BCUT2D eigenvalue weighted by atomic mass is 10.1. The molecule has 3 aromatic carbocycles. The lowest BCUT2D eigenvalue weighted by Gasteiger charge is -2.30. The molecule has 0 spiro atoms. The van der Waals surface area contributed by atoms with Crippen molar-refractivity contribution >= 4 is 34.6 Å². The van der Waals surface area contributed by atoms with Crippen LogP contribution in [0.1, 0.15) is 15.9 Å². The molecule has 9 heteroatoms. The number of rotatable bonds is 7. The largest absolute Gasteiger partial charge is 0.378 e. The Morgan fingerprint density at radius 3 is 2.21 bits per heavy atom. The number of benzene rings is 3. The molecule has 34 heavy (non-hydrogen) atoms. The van der Waals surface area contributed by atoms with Crippen LogP contribution in [-0.4, -0.2) is 43.0 Å². The Bertz CT molecular complexity index is 1180. The van der Waals surface area contributed by atoms with Gasteiger partial charge in [-0.1, -0.05) is 30.3 Å². The molecule has 1 fully saturated rings. The fourth-order valence-corrected chi connectivity index (χ4v) is 3.72. The molecule has 0 aromatic heterocycles. The summed E-state index contributed by atoms with van der Waals surface area (Å²) in [5.41, 5.74) is 2.71. The van der Waals surface area contributed by atoms with Gasteiger partial charge < -0.3 is 20.3 Å². The topological polar surface area (TPSA) is 114 Å². The average molecular weight is 460 g/mol. The van der Waals surface area contributed by atoms with Crippen LogP contribution in [0.2, 0.25) is 0 Å². The minimum atomic E-state index is -0.521. The maximum atomic E-state index is 13.1. The van der Waals surface area contributed by atoms with Crippen LogP contribution in [0.3, 0.4) is 0 Å². The summed E-state index contributed by atoms with van der Waals surface area (Å²) in [7, 11) is 0. The van der Waals surface area contributed by atoms with Gasteiger partial charge in [-0.3, -0.25) is 19.7 Å². The van der Waals surface area contributed by atoms with Crippen LogP contribution in [0, 0.1) is 10.1 Å². The third-order valence-corrected chi connectivity index (χ3v) is 5.42. The summed E-state index contributed by atoms with van der Waals surface area (Å²) in [5.74, 6) is -0.596. The number of nitrogens with one attached hydrogen (secondary N) is 2. The zero-order chi connectivity index (χ0) is 23.9. The van der Waals surface area contributed by atoms with E-state index >= 15 is 0 Å². The van der Waals surface area contributed by atoms with Crippen molar-refractivity contribution in [2.75, 3.05) is 41.8 Å². The van der Waals surface area contributed by atoms with Crippen molar-refractivity contribution in [1.29, 1.82) is 0 Å². The van der Waals surface area contributed by atoms with Crippen molar-refractivity contribution in [3.8, 4) is 0 Å². The molecule has 3 aromatic rings. The molecule has 1 aliphatic rings. The molecule has 1 saturated heterocycles. The number of hydrogen-bond acceptors (Lipinski definition) is 6. The molecule has 174 valence electrons. The first-order valence-electron chi connectivity index (χ1n) is 10.9. The van der Waals surface area contributed by atoms with Crippen LogP contribution in [-0.2, 0) is 16.0 Å². The summed E-state index contributed by atoms with van der Waals surface area (Å²) in [5, 5.41) is 16.9. The van der Waals surface area contributed by atoms with E-state index in [2.05, 4.69) is 10.6 Å². The van der Waals surface area contributed by atoms with Gasteiger partial charge in [0.2, 0.25) is 5.91 Å². The highest BCUT2D eigenvalue weighted by Gasteiger charge is 2.22. The number of amides is 2. The van der Waals surface area contributed by atoms with E-state index in [1.54, 1.807) is 30.3 Å². The molecular formula is C25H24N4O5. The smallest absolute Gasteiger partial charge is 0.270 e. The van der Waals surface area contributed by atoms with E-state index in [4.69, 9.17) is 4.74 Å². The van der Waals surface area contributed by atoms with Crippen molar-refractivity contribution in [2.45, 2.75) is 6.42 Å². The average Bonchev–Trinajstić information content (AvgIpc) is 2.86. The van der Waals surface area contributed by atoms with E-state index < -0.39 is 10.8 Å². The lowest BCUT2D eigenvalue weighted by Crippen LogP contribution is -2.37. The number of nitrogens with zero attached hydrogens (tertiary/aromatic N) is 2. The molecule has 2 amide bonds. The molecule has 0 bridgehead atoms. The Morgan fingerprint density at radius 2 is 1.56 bits per heavy atom. The van der Waals surface area contributed by atoms with Crippen LogP contribution in [0.4, 0.5) is 22.7 Å². The fourth-order valence-electron chi connectivity index (χ4n) is 3.72. The normalized spacial score (nSPS) is 13.2. The van der Waals surface area contributed by atoms with Gasteiger partial charge in [0.05, 0.1) is 35.8 Å². The summed E-state index contributed by atoms with van der Waals surface area (Å²) in [6, 6.07) is 20.4. The molecule has 4 rings (SSSR count). The van der Waals surface area contributed by atoms with E-state index in [1.165, 1.54) is 12.1 Å². The zero-order valence-corrected chi connectivity index (χ0v) is 18.4. The second-order valence-electron chi connectivity index (χ2n) is 7.80. The lowest BCUT2D eigenvalue weighted by molar-refractivity contribution is -0.384. The second kappa shape index (κ2) is 10.6. The van der Waals surface area contributed by atoms with Crippen LogP contribution in [0.5, 0.6) is 0 Å². The van der Waals surface area contributed by atoms with Gasteiger partial charge in [-0.25, -0.2) is 0 Å². The summed E-state index contributed by atoms with van der Waals surface area (Å²) in [6.07, 6.45) is 0.260. The number of ether oxygens (including phenoxy) is 1. The minimum absolute atomic E-state index is 0.144. The standard InChI is InChI=1S/C25H24N4O5/c30-24(16-18-4-2-1-3-5-18)26-19-6-8-20(9-7-19)27-25(31)22-17-21(29(32)33)10-11-23(22)28-12-14-34-15-13-28/h1-11,17H,12-16H2,(H,26,30)(H,27,31). The first-order chi connectivity index (χ1) is 16.5. The van der Waals surface area contributed by atoms with E-state index in [0.717, 1.165) is 5.56 Å². The number of carbonyl (C=O) groups excluding carboxylic acids is 2. The molecule has 0 saturated carbocycles. The summed E-state index contributed by atoms with van der Waals surface area (Å²) in [4.78, 5) is 38.0. The third kappa shape index (κ3) is 5.76. The molecule has 1 heterocycles. The SMILES string of the molecule is O=C(Cc1ccccc1)Nc1ccc(NC(=O)c2cc([N+](=O)[O-])ccc2N2CCOCC2)cc1. The number of nitro benzene ring substituents is 1. The Labute approximate surface area is 196 Å². The van der Waals surface area contributed by atoms with Crippen molar-refractivity contribution < 1.29 is 19.2 Å². The van der Waals surface area contributed by atoms with E-state index in [1.807, 2.05) is 35.2 Å². The van der Waals surface area contributed by atoms with Crippen molar-refractivity contribution in [2.24, 2.45) is 0 Å². The predicted octanol–water partition coefficient (Wildman–Crippen LogP) is 3.86. The van der Waals surface area contributed by atoms with Gasteiger partial charge in [0.15, 0.2) is 0 Å². The molecule has 0 radical (unpaired) electrons. The van der Waals surface area contributed by atoms with Gasteiger partial charge in [0.1, 0.15) is 0 Å². The van der Waals surface area contributed by atoms with E-state index in [0.29, 0.717) is 43.4 Å². The number of non-ortho nitro benzene ring substituents is 1. The number of hydrogen-bond donors (Lipinski definition) is 2. The van der Waals surface area contributed by atoms with Gasteiger partial charge >= 0.3 is 0 Å². The van der Waals surface area contributed by atoms with Gasteiger partial charge in [-0.15, -0.1) is 0 Å². The maximum Gasteiger partial charge on any atom is 0.270 e. The Balaban J connectivity index is 1.45. The van der Waals surface area contributed by atoms with Gasteiger partial charge in [-0.2, -0.15) is 0 Å². The molecular weight excluding hydrogens is 436 g/mol. The van der Waals surface area contributed by atoms with Crippen LogP contribution in [0.25, 0.3) is 0 Å². The van der Waals surface area contributed by atoms with Crippen LogP contribution < -0.4 is 15.5 Å². The fraction of sp³-hybridized carbons (Fsp3) is 0.200. The minimum Gasteiger partial charge on any atom is -0.378 e. The first kappa shape index (κ1) is 22.9. The number of morpholine rings is 1. The highest BCUT2D eigenvalue weighted by atomic mass is 16.6. The van der Waals surface area contributed by atoms with Crippen LogP contribution in [0.15, 0.2) is 72.8 Å². The zero-order valence-electron chi connectivity index (χ0n) is 18.4. The van der Waals surface area contributed by atoms with Crippen molar-refractivity contribution in [3.63, 3.8) is 0 Å². The van der Waals surface area contributed by atoms with E-state index in [-0.39, 0.29) is 23.6 Å². The highest BCUT2D eigenvalue weighted by molar-refractivity contribution is 6.08. The molecule has 1 aliphatic heterocycles. The first-order valence-corrected chi connectivity index (χ1v) is 10.9. The third-order valence-electron chi connectivity index (χ3n) is 5.42.